The summed E-state index contributed by atoms with van der Waals surface area (Å²) in [7, 11) is -7.79. The molecule has 0 radical (unpaired) electrons. The second kappa shape index (κ2) is 23.0. The van der Waals surface area contributed by atoms with Crippen molar-refractivity contribution in [1.29, 1.82) is 0 Å². The number of Topliss-reactive ketones (excluding diaryl/α,β-unsaturated/α-hetero) is 3. The zero-order valence-electron chi connectivity index (χ0n) is 33.2. The molecule has 0 spiro atoms. The maximum Gasteiger partial charge on any atom is 0.416 e. The number of hydrogen-bond donors (Lipinski definition) is 4. The molecule has 0 amide bonds. The van der Waals surface area contributed by atoms with Crippen molar-refractivity contribution < 1.29 is 93.9 Å². The molecule has 4 N–H and O–H groups in total. The Morgan fingerprint density at radius 1 is 0.953 bits per heavy atom. The number of benzene rings is 3. The van der Waals surface area contributed by atoms with Crippen LogP contribution in [0.3, 0.4) is 0 Å². The molecule has 1 fully saturated rings. The summed E-state index contributed by atoms with van der Waals surface area (Å²) in [4.78, 5) is 107. The summed E-state index contributed by atoms with van der Waals surface area (Å²) in [5.41, 5.74) is -3.33. The van der Waals surface area contributed by atoms with Gasteiger partial charge in [0.15, 0.2) is 33.3 Å². The highest BCUT2D eigenvalue weighted by Gasteiger charge is 2.39. The van der Waals surface area contributed by atoms with Crippen molar-refractivity contribution in [3.8, 4) is 11.5 Å². The Balaban J connectivity index is 0.000000373. The van der Waals surface area contributed by atoms with Gasteiger partial charge in [-0.15, -0.1) is 0 Å². The van der Waals surface area contributed by atoms with Crippen molar-refractivity contribution in [3.05, 3.63) is 96.5 Å². The first-order chi connectivity index (χ1) is 29.5. The molecular weight excluding hydrogens is 934 g/mol. The van der Waals surface area contributed by atoms with E-state index in [1.807, 2.05) is 0 Å². The minimum atomic E-state index is -4.61. The lowest BCUT2D eigenvalue weighted by atomic mass is 9.81. The monoisotopic (exact) mass is 969 g/mol. The molecule has 0 saturated heterocycles. The Kier molecular flexibility index (Phi) is 19.4. The third-order valence-electron chi connectivity index (χ3n) is 7.98. The number of nitro groups is 2. The van der Waals surface area contributed by atoms with E-state index in [1.165, 1.54) is 6.92 Å². The van der Waals surface area contributed by atoms with Crippen molar-refractivity contribution >= 4 is 75.7 Å². The van der Waals surface area contributed by atoms with Gasteiger partial charge in [0.05, 0.1) is 50.3 Å². The van der Waals surface area contributed by atoms with E-state index in [9.17, 15) is 75.1 Å². The number of nitrogens with one attached hydrogen (secondary N) is 1. The third kappa shape index (κ3) is 16.5. The van der Waals surface area contributed by atoms with Crippen molar-refractivity contribution in [2.24, 2.45) is 5.92 Å². The number of nitrogens with zero attached hydrogens (tertiary/aromatic N) is 2. The van der Waals surface area contributed by atoms with E-state index in [0.29, 0.717) is 12.5 Å². The summed E-state index contributed by atoms with van der Waals surface area (Å²) in [6.45, 7) is 2.37. The highest BCUT2D eigenvalue weighted by atomic mass is 35.5. The van der Waals surface area contributed by atoms with Gasteiger partial charge in [0.2, 0.25) is 0 Å². The van der Waals surface area contributed by atoms with Crippen LogP contribution in [0, 0.1) is 26.1 Å². The number of nitro benzene ring substituents is 2. The molecule has 0 heterocycles. The molecule has 0 aliphatic heterocycles. The second-order valence-electron chi connectivity index (χ2n) is 12.9. The number of carboxylic acids is 1. The first-order valence-corrected chi connectivity index (χ1v) is 21.8. The number of carboxylic acid groups (broad SMARTS) is 1. The number of ketones is 3. The van der Waals surface area contributed by atoms with Crippen LogP contribution in [-0.2, 0) is 49.2 Å². The Morgan fingerprint density at radius 2 is 1.55 bits per heavy atom. The SMILES string of the molecule is CCOC(=O)C(C)OC(=O)c1cc(Oc2ccc(C(F)(F)F)cc2Cl)ccc1[N+](=O)[O-].CS(=O)(=O)c1ccc(C(=O)C2C(=O)CCCC2=O)c([N+](=O)[O-])c1.O=C(O)CNCP(=O)(O)O. The van der Waals surface area contributed by atoms with Gasteiger partial charge < -0.3 is 29.1 Å². The quantitative estimate of drug-likeness (QED) is 0.0385. The van der Waals surface area contributed by atoms with Crippen molar-refractivity contribution in [3.63, 3.8) is 0 Å². The second-order valence-corrected chi connectivity index (χ2v) is 17.0. The van der Waals surface area contributed by atoms with E-state index in [-0.39, 0.29) is 40.9 Å². The van der Waals surface area contributed by atoms with E-state index in [0.717, 1.165) is 54.8 Å². The number of ether oxygens (including phenoxy) is 3. The molecule has 4 rings (SSSR count). The summed E-state index contributed by atoms with van der Waals surface area (Å²) < 4.78 is 86.2. The van der Waals surface area contributed by atoms with E-state index >= 15 is 0 Å². The first kappa shape index (κ1) is 54.0. The maximum atomic E-state index is 12.8. The topological polar surface area (TPSA) is 340 Å². The minimum Gasteiger partial charge on any atom is -0.480 e. The molecule has 1 atom stereocenters. The summed E-state index contributed by atoms with van der Waals surface area (Å²) in [6, 6.07) is 8.16. The number of sulfone groups is 1. The highest BCUT2D eigenvalue weighted by Crippen LogP contribution is 2.37. The van der Waals surface area contributed by atoms with Gasteiger partial charge in [-0.1, -0.05) is 11.6 Å². The number of hydrogen-bond acceptors (Lipinski definition) is 17. The minimum absolute atomic E-state index is 0.0398. The van der Waals surface area contributed by atoms with Gasteiger partial charge >= 0.3 is 31.7 Å². The number of halogens is 4. The summed E-state index contributed by atoms with van der Waals surface area (Å²) in [5.74, 6) is -7.11. The average molecular weight is 970 g/mol. The predicted molar refractivity (Wildman–Crippen MR) is 212 cm³/mol. The fourth-order valence-electron chi connectivity index (χ4n) is 5.08. The van der Waals surface area contributed by atoms with Crippen LogP contribution < -0.4 is 10.1 Å². The van der Waals surface area contributed by atoms with Gasteiger partial charge in [-0.3, -0.25) is 49.3 Å². The Labute approximate surface area is 364 Å². The van der Waals surface area contributed by atoms with E-state index in [4.69, 9.17) is 40.7 Å². The van der Waals surface area contributed by atoms with Crippen LogP contribution in [-0.4, -0.2) is 100 Å². The average Bonchev–Trinajstić information content (AvgIpc) is 3.17. The van der Waals surface area contributed by atoms with Crippen LogP contribution in [0.5, 0.6) is 11.5 Å². The van der Waals surface area contributed by atoms with Gasteiger partial charge in [-0.2, -0.15) is 13.2 Å². The third-order valence-corrected chi connectivity index (χ3v) is 10.0. The van der Waals surface area contributed by atoms with Crippen LogP contribution in [0.1, 0.15) is 59.4 Å². The van der Waals surface area contributed by atoms with Gasteiger partial charge in [-0.25, -0.2) is 18.0 Å². The molecule has 348 valence electrons. The Hall–Kier alpha value is -6.18. The molecule has 28 heteroatoms. The number of alkyl halides is 3. The molecule has 3 aromatic rings. The van der Waals surface area contributed by atoms with E-state index in [1.54, 1.807) is 6.92 Å². The molecule has 1 aliphatic rings. The Morgan fingerprint density at radius 3 is 2.03 bits per heavy atom. The van der Waals surface area contributed by atoms with Crippen molar-refractivity contribution in [2.75, 3.05) is 25.7 Å². The lowest BCUT2D eigenvalue weighted by Gasteiger charge is -2.18. The fraction of sp³-hybridized carbons (Fsp3) is 0.333. The largest absolute Gasteiger partial charge is 0.480 e. The zero-order chi connectivity index (χ0) is 48.9. The van der Waals surface area contributed by atoms with Gasteiger partial charge in [0.1, 0.15) is 23.0 Å². The number of aliphatic carboxylic acids is 1. The molecule has 1 saturated carbocycles. The molecule has 3 aromatic carbocycles. The molecule has 0 bridgehead atoms. The summed E-state index contributed by atoms with van der Waals surface area (Å²) >= 11 is 5.83. The van der Waals surface area contributed by atoms with E-state index in [2.05, 4.69) is 5.32 Å². The summed E-state index contributed by atoms with van der Waals surface area (Å²) in [5, 5.41) is 32.1. The molecular formula is C36H36ClF3N3O19PS. The molecule has 1 unspecified atom stereocenters. The summed E-state index contributed by atoms with van der Waals surface area (Å²) in [6.07, 6.45) is -5.17. The van der Waals surface area contributed by atoms with Gasteiger partial charge in [0, 0.05) is 37.3 Å². The van der Waals surface area contributed by atoms with Crippen LogP contribution in [0.4, 0.5) is 24.5 Å². The maximum absolute atomic E-state index is 12.8. The highest BCUT2D eigenvalue weighted by molar-refractivity contribution is 7.90. The zero-order valence-corrected chi connectivity index (χ0v) is 35.7. The lowest BCUT2D eigenvalue weighted by Crippen LogP contribution is -2.35. The number of esters is 2. The fourth-order valence-corrected chi connectivity index (χ4v) is 6.35. The molecule has 1 aliphatic carbocycles. The van der Waals surface area contributed by atoms with Crippen molar-refractivity contribution in [1.82, 2.24) is 5.32 Å². The number of carbonyl (C=O) groups is 6. The van der Waals surface area contributed by atoms with Gasteiger partial charge in [0.25, 0.3) is 11.4 Å². The smallest absolute Gasteiger partial charge is 0.416 e. The van der Waals surface area contributed by atoms with Crippen LogP contribution in [0.15, 0.2) is 59.5 Å². The van der Waals surface area contributed by atoms with Gasteiger partial charge in [-0.05, 0) is 56.7 Å². The van der Waals surface area contributed by atoms with Crippen LogP contribution >= 0.6 is 19.2 Å². The van der Waals surface area contributed by atoms with Crippen molar-refractivity contribution in [2.45, 2.75) is 50.3 Å². The van der Waals surface area contributed by atoms with Crippen LogP contribution in [0.25, 0.3) is 0 Å². The molecule has 0 aromatic heterocycles. The Bertz CT molecular complexity index is 2460. The standard InChI is InChI=1S/C19H15ClF3NO7.C14H13NO7S.C3H8NO5P/c1-3-29-17(25)10(2)30-18(26)13-9-12(5-6-15(13)24(27)28)31-16-7-4-11(8-14(16)20)19(21,22)23;1-23(21,22)8-5-6-9(10(7-8)15(19)20)14(18)13-11(16)3-2-4-12(13)17;5-3(6)1-4-2-10(7,8)9/h4-10H,3H2,1-2H3;5-7,13H,2-4H2,1H3;4H,1-2H2,(H,5,6)(H2,7,8,9). The molecule has 22 nitrogen and oxygen atoms in total. The lowest BCUT2D eigenvalue weighted by molar-refractivity contribution is -0.385. The number of rotatable bonds is 15. The first-order valence-electron chi connectivity index (χ1n) is 17.7. The van der Waals surface area contributed by atoms with E-state index < -0.39 is 122 Å². The normalized spacial score (nSPS) is 13.5. The predicted octanol–water partition coefficient (Wildman–Crippen LogP) is 5.08. The number of carbonyl (C=O) groups excluding carboxylic acids is 5. The van der Waals surface area contributed by atoms with Crippen LogP contribution in [0.2, 0.25) is 5.02 Å². The molecule has 64 heavy (non-hydrogen) atoms.